The number of rotatable bonds is 8. The van der Waals surface area contributed by atoms with Crippen molar-refractivity contribution in [3.05, 3.63) is 64.6 Å². The molecule has 0 aliphatic carbocycles. The zero-order valence-corrected chi connectivity index (χ0v) is 18.1. The normalized spacial score (nSPS) is 11.8. The lowest BCUT2D eigenvalue weighted by molar-refractivity contribution is -0.125. The maximum absolute atomic E-state index is 12.4. The van der Waals surface area contributed by atoms with Crippen LogP contribution in [0.5, 0.6) is 0 Å². The van der Waals surface area contributed by atoms with Gasteiger partial charge in [-0.2, -0.15) is 0 Å². The van der Waals surface area contributed by atoms with Crippen molar-refractivity contribution in [3.8, 4) is 11.4 Å². The van der Waals surface area contributed by atoms with Crippen molar-refractivity contribution >= 4 is 39.4 Å². The molecule has 1 aromatic heterocycles. The highest BCUT2D eigenvalue weighted by atomic mass is 79.9. The van der Waals surface area contributed by atoms with Crippen molar-refractivity contribution in [2.45, 2.75) is 24.5 Å². The SMILES string of the molecule is CC(=O)C(Cc1ccccc1)NC(=O)CSc1nnc(-c2ccccc2Br)n1N. The van der Waals surface area contributed by atoms with Gasteiger partial charge in [-0.1, -0.05) is 70.2 Å². The lowest BCUT2D eigenvalue weighted by Gasteiger charge is -2.16. The number of hydrogen-bond donors (Lipinski definition) is 2. The van der Waals surface area contributed by atoms with Gasteiger partial charge in [0, 0.05) is 10.0 Å². The van der Waals surface area contributed by atoms with Crippen LogP contribution in [0, 0.1) is 0 Å². The number of nitrogens with zero attached hydrogens (tertiary/aromatic N) is 3. The van der Waals surface area contributed by atoms with Crippen molar-refractivity contribution in [3.63, 3.8) is 0 Å². The first kappa shape index (κ1) is 21.1. The number of nitrogens with two attached hydrogens (primary N) is 1. The van der Waals surface area contributed by atoms with Crippen LogP contribution in [-0.4, -0.2) is 38.4 Å². The molecule has 3 rings (SSSR count). The van der Waals surface area contributed by atoms with Crippen LogP contribution < -0.4 is 11.2 Å². The third-order valence-electron chi connectivity index (χ3n) is 4.22. The number of hydrogen-bond acceptors (Lipinski definition) is 6. The van der Waals surface area contributed by atoms with E-state index in [0.717, 1.165) is 27.4 Å². The van der Waals surface area contributed by atoms with Crippen molar-refractivity contribution in [2.75, 3.05) is 11.6 Å². The van der Waals surface area contributed by atoms with Crippen LogP contribution in [0.15, 0.2) is 64.2 Å². The van der Waals surface area contributed by atoms with Gasteiger partial charge in [0.1, 0.15) is 0 Å². The maximum atomic E-state index is 12.4. The van der Waals surface area contributed by atoms with Gasteiger partial charge in [-0.3, -0.25) is 9.59 Å². The summed E-state index contributed by atoms with van der Waals surface area (Å²) in [6.45, 7) is 1.47. The maximum Gasteiger partial charge on any atom is 0.231 e. The van der Waals surface area contributed by atoms with Gasteiger partial charge in [0.25, 0.3) is 0 Å². The Bertz CT molecular complexity index is 1010. The van der Waals surface area contributed by atoms with Gasteiger partial charge < -0.3 is 11.2 Å². The highest BCUT2D eigenvalue weighted by molar-refractivity contribution is 9.10. The van der Waals surface area contributed by atoms with E-state index in [9.17, 15) is 9.59 Å². The Hall–Kier alpha value is -2.65. The van der Waals surface area contributed by atoms with E-state index >= 15 is 0 Å². The smallest absolute Gasteiger partial charge is 0.231 e. The van der Waals surface area contributed by atoms with Crippen LogP contribution in [0.3, 0.4) is 0 Å². The Morgan fingerprint density at radius 3 is 2.52 bits per heavy atom. The molecule has 0 radical (unpaired) electrons. The first-order valence-electron chi connectivity index (χ1n) is 8.87. The third-order valence-corrected chi connectivity index (χ3v) is 5.85. The summed E-state index contributed by atoms with van der Waals surface area (Å²) in [5.41, 5.74) is 1.79. The number of ketones is 1. The molecule has 0 bridgehead atoms. The Balaban J connectivity index is 1.62. The molecule has 0 saturated heterocycles. The Kier molecular flexibility index (Phi) is 7.05. The highest BCUT2D eigenvalue weighted by Crippen LogP contribution is 2.27. The molecule has 3 aromatic rings. The number of nitrogen functional groups attached to an aromatic ring is 1. The topological polar surface area (TPSA) is 103 Å². The van der Waals surface area contributed by atoms with Crippen LogP contribution in [0.25, 0.3) is 11.4 Å². The summed E-state index contributed by atoms with van der Waals surface area (Å²) in [5, 5.41) is 11.4. The lowest BCUT2D eigenvalue weighted by Crippen LogP contribution is -2.42. The van der Waals surface area contributed by atoms with Gasteiger partial charge >= 0.3 is 0 Å². The van der Waals surface area contributed by atoms with Crippen LogP contribution in [0.4, 0.5) is 0 Å². The van der Waals surface area contributed by atoms with Crippen molar-refractivity contribution in [2.24, 2.45) is 0 Å². The average Bonchev–Trinajstić information content (AvgIpc) is 3.07. The van der Waals surface area contributed by atoms with E-state index in [0.29, 0.717) is 17.4 Å². The fourth-order valence-corrected chi connectivity index (χ4v) is 3.84. The summed E-state index contributed by atoms with van der Waals surface area (Å²) in [6.07, 6.45) is 0.450. The number of nitrogens with one attached hydrogen (secondary N) is 1. The van der Waals surface area contributed by atoms with E-state index < -0.39 is 6.04 Å². The standard InChI is InChI=1S/C20H20BrN5O2S/c1-13(27)17(11-14-7-3-2-4-8-14)23-18(28)12-29-20-25-24-19(26(20)22)15-9-5-6-10-16(15)21/h2-10,17H,11-12,22H2,1H3,(H,23,28). The Morgan fingerprint density at radius 1 is 1.14 bits per heavy atom. The van der Waals surface area contributed by atoms with Gasteiger partial charge in [0.15, 0.2) is 11.6 Å². The number of carbonyl (C=O) groups is 2. The van der Waals surface area contributed by atoms with Crippen LogP contribution in [0.2, 0.25) is 0 Å². The minimum Gasteiger partial charge on any atom is -0.345 e. The van der Waals surface area contributed by atoms with E-state index in [2.05, 4.69) is 31.4 Å². The average molecular weight is 474 g/mol. The number of Topliss-reactive ketones (excluding diaryl/α,β-unsaturated/α-hetero) is 1. The zero-order valence-electron chi connectivity index (χ0n) is 15.7. The zero-order chi connectivity index (χ0) is 20.8. The van der Waals surface area contributed by atoms with Crippen molar-refractivity contribution in [1.82, 2.24) is 20.2 Å². The third kappa shape index (κ3) is 5.45. The van der Waals surface area contributed by atoms with E-state index in [4.69, 9.17) is 5.84 Å². The molecule has 0 spiro atoms. The van der Waals surface area contributed by atoms with E-state index in [1.165, 1.54) is 11.6 Å². The fraction of sp³-hybridized carbons (Fsp3) is 0.200. The molecule has 0 aliphatic heterocycles. The molecule has 0 saturated carbocycles. The number of aromatic nitrogens is 3. The van der Waals surface area contributed by atoms with Crippen LogP contribution in [-0.2, 0) is 16.0 Å². The summed E-state index contributed by atoms with van der Waals surface area (Å²) in [7, 11) is 0. The largest absolute Gasteiger partial charge is 0.345 e. The number of amides is 1. The molecule has 7 nitrogen and oxygen atoms in total. The summed E-state index contributed by atoms with van der Waals surface area (Å²) in [5.74, 6) is 6.31. The second-order valence-corrected chi connectivity index (χ2v) is 8.16. The minimum atomic E-state index is -0.572. The van der Waals surface area contributed by atoms with Gasteiger partial charge in [0.2, 0.25) is 11.1 Å². The predicted molar refractivity (Wildman–Crippen MR) is 117 cm³/mol. The molecule has 29 heavy (non-hydrogen) atoms. The second-order valence-electron chi connectivity index (χ2n) is 6.37. The molecule has 1 heterocycles. The van der Waals surface area contributed by atoms with E-state index in [-0.39, 0.29) is 17.4 Å². The Labute approximate surface area is 181 Å². The lowest BCUT2D eigenvalue weighted by atomic mass is 10.0. The Morgan fingerprint density at radius 2 is 1.83 bits per heavy atom. The summed E-state index contributed by atoms with van der Waals surface area (Å²) in [6, 6.07) is 16.5. The van der Waals surface area contributed by atoms with Crippen LogP contribution in [0.1, 0.15) is 12.5 Å². The summed E-state index contributed by atoms with van der Waals surface area (Å²) in [4.78, 5) is 24.3. The molecule has 1 atom stereocenters. The molecule has 2 aromatic carbocycles. The number of benzene rings is 2. The summed E-state index contributed by atoms with van der Waals surface area (Å²) >= 11 is 4.63. The second kappa shape index (κ2) is 9.71. The van der Waals surface area contributed by atoms with Gasteiger partial charge in [-0.15, -0.1) is 10.2 Å². The molecular weight excluding hydrogens is 454 g/mol. The molecular formula is C20H20BrN5O2S. The first-order chi connectivity index (χ1) is 14.0. The fourth-order valence-electron chi connectivity index (χ4n) is 2.71. The number of thioether (sulfide) groups is 1. The monoisotopic (exact) mass is 473 g/mol. The molecule has 1 amide bonds. The van der Waals surface area contributed by atoms with Crippen molar-refractivity contribution in [1.29, 1.82) is 0 Å². The van der Waals surface area contributed by atoms with Gasteiger partial charge in [-0.05, 0) is 31.0 Å². The number of halogens is 1. The molecule has 1 unspecified atom stereocenters. The first-order valence-corrected chi connectivity index (χ1v) is 10.7. The van der Waals surface area contributed by atoms with Crippen LogP contribution >= 0.6 is 27.7 Å². The molecule has 0 fully saturated rings. The highest BCUT2D eigenvalue weighted by Gasteiger charge is 2.19. The predicted octanol–water partition coefficient (Wildman–Crippen LogP) is 2.83. The van der Waals surface area contributed by atoms with E-state index in [1.54, 1.807) is 0 Å². The minimum absolute atomic E-state index is 0.0733. The molecule has 0 aliphatic rings. The van der Waals surface area contributed by atoms with Gasteiger partial charge in [0.05, 0.1) is 11.8 Å². The quantitative estimate of drug-likeness (QED) is 0.385. The van der Waals surface area contributed by atoms with E-state index in [1.807, 2.05) is 54.6 Å². The van der Waals surface area contributed by atoms with Crippen molar-refractivity contribution < 1.29 is 9.59 Å². The number of carbonyl (C=O) groups excluding carboxylic acids is 2. The summed E-state index contributed by atoms with van der Waals surface area (Å²) < 4.78 is 2.20. The molecule has 9 heteroatoms. The van der Waals surface area contributed by atoms with Gasteiger partial charge in [-0.25, -0.2) is 4.68 Å². The molecule has 150 valence electrons. The molecule has 3 N–H and O–H groups in total.